The van der Waals surface area contributed by atoms with Gasteiger partial charge in [0.2, 0.25) is 5.91 Å². The highest BCUT2D eigenvalue weighted by Crippen LogP contribution is 2.17. The number of hydrogen-bond acceptors (Lipinski definition) is 3. The van der Waals surface area contributed by atoms with Gasteiger partial charge in [-0.15, -0.1) is 0 Å². The van der Waals surface area contributed by atoms with Crippen LogP contribution in [0.15, 0.2) is 24.3 Å². The van der Waals surface area contributed by atoms with Crippen LogP contribution in [0.2, 0.25) is 0 Å². The van der Waals surface area contributed by atoms with Crippen LogP contribution in [0.3, 0.4) is 0 Å². The minimum atomic E-state index is 0.0999. The second-order valence-corrected chi connectivity index (χ2v) is 5.13. The summed E-state index contributed by atoms with van der Waals surface area (Å²) in [5.41, 5.74) is 1.12. The van der Waals surface area contributed by atoms with Crippen LogP contribution in [0.4, 0.5) is 0 Å². The number of methoxy groups -OCH3 is 1. The maximum Gasteiger partial charge on any atom is 0.234 e. The fourth-order valence-corrected chi connectivity index (χ4v) is 2.24. The number of rotatable bonds is 10. The summed E-state index contributed by atoms with van der Waals surface area (Å²) in [5, 5.41) is 2.99. The molecule has 1 rings (SSSR count). The van der Waals surface area contributed by atoms with Crippen LogP contribution in [0.1, 0.15) is 32.3 Å². The summed E-state index contributed by atoms with van der Waals surface area (Å²) in [6, 6.07) is 7.92. The zero-order valence-electron chi connectivity index (χ0n) is 13.5. The Morgan fingerprint density at radius 1 is 1.29 bits per heavy atom. The number of para-hydroxylation sites is 1. The lowest BCUT2D eigenvalue weighted by molar-refractivity contribution is -0.122. The van der Waals surface area contributed by atoms with Gasteiger partial charge < -0.3 is 10.1 Å². The first-order valence-corrected chi connectivity index (χ1v) is 7.82. The topological polar surface area (TPSA) is 41.6 Å². The van der Waals surface area contributed by atoms with E-state index < -0.39 is 0 Å². The second kappa shape index (κ2) is 10.2. The Bertz CT molecular complexity index is 421. The Morgan fingerprint density at radius 2 is 2.05 bits per heavy atom. The summed E-state index contributed by atoms with van der Waals surface area (Å²) in [6.45, 7) is 7.30. The maximum atomic E-state index is 11.9. The maximum absolute atomic E-state index is 11.9. The lowest BCUT2D eigenvalue weighted by atomic mass is 10.1. The molecule has 0 aliphatic heterocycles. The van der Waals surface area contributed by atoms with E-state index in [0.717, 1.165) is 43.7 Å². The molecule has 1 N–H and O–H groups in total. The van der Waals surface area contributed by atoms with Gasteiger partial charge >= 0.3 is 0 Å². The molecule has 0 atom stereocenters. The molecule has 4 nitrogen and oxygen atoms in total. The average molecular weight is 292 g/mol. The minimum absolute atomic E-state index is 0.0999. The zero-order valence-corrected chi connectivity index (χ0v) is 13.5. The van der Waals surface area contributed by atoms with Crippen molar-refractivity contribution in [2.75, 3.05) is 33.3 Å². The van der Waals surface area contributed by atoms with E-state index in [0.29, 0.717) is 13.1 Å². The minimum Gasteiger partial charge on any atom is -0.496 e. The molecule has 0 heterocycles. The van der Waals surface area contributed by atoms with Crippen molar-refractivity contribution >= 4 is 5.91 Å². The third kappa shape index (κ3) is 6.63. The highest BCUT2D eigenvalue weighted by Gasteiger charge is 2.08. The molecule has 1 aromatic carbocycles. The summed E-state index contributed by atoms with van der Waals surface area (Å²) in [4.78, 5) is 14.1. The largest absolute Gasteiger partial charge is 0.496 e. The van der Waals surface area contributed by atoms with Crippen molar-refractivity contribution in [2.24, 2.45) is 0 Å². The molecule has 0 fully saturated rings. The predicted octanol–water partition coefficient (Wildman–Crippen LogP) is 2.48. The number of likely N-dealkylation sites (N-methyl/N-ethyl adjacent to an activating group) is 1. The standard InChI is InChI=1S/C17H28N2O2/c1-4-6-13-19(5-2)14-17(20)18-12-11-15-9-7-8-10-16(15)21-3/h7-10H,4-6,11-14H2,1-3H3,(H,18,20). The van der Waals surface area contributed by atoms with Gasteiger partial charge in [0.15, 0.2) is 0 Å². The Hall–Kier alpha value is -1.55. The first-order chi connectivity index (χ1) is 10.2. The Kier molecular flexibility index (Phi) is 8.51. The molecule has 0 saturated carbocycles. The van der Waals surface area contributed by atoms with Gasteiger partial charge in [-0.1, -0.05) is 38.5 Å². The summed E-state index contributed by atoms with van der Waals surface area (Å²) >= 11 is 0. The summed E-state index contributed by atoms with van der Waals surface area (Å²) in [5.74, 6) is 0.979. The number of amides is 1. The number of nitrogens with one attached hydrogen (secondary N) is 1. The van der Waals surface area contributed by atoms with Gasteiger partial charge in [-0.3, -0.25) is 9.69 Å². The zero-order chi connectivity index (χ0) is 15.5. The van der Waals surface area contributed by atoms with Crippen LogP contribution >= 0.6 is 0 Å². The lowest BCUT2D eigenvalue weighted by Gasteiger charge is -2.19. The smallest absolute Gasteiger partial charge is 0.234 e. The Labute approximate surface area is 128 Å². The molecule has 4 heteroatoms. The second-order valence-electron chi connectivity index (χ2n) is 5.13. The molecule has 1 amide bonds. The van der Waals surface area contributed by atoms with E-state index in [4.69, 9.17) is 4.74 Å². The molecular weight excluding hydrogens is 264 g/mol. The lowest BCUT2D eigenvalue weighted by Crippen LogP contribution is -2.38. The molecule has 0 bridgehead atoms. The van der Waals surface area contributed by atoms with Crippen molar-refractivity contribution in [3.05, 3.63) is 29.8 Å². The molecule has 0 radical (unpaired) electrons. The van der Waals surface area contributed by atoms with Crippen molar-refractivity contribution in [1.82, 2.24) is 10.2 Å². The molecular formula is C17H28N2O2. The highest BCUT2D eigenvalue weighted by atomic mass is 16.5. The molecule has 0 aliphatic carbocycles. The number of unbranched alkanes of at least 4 members (excludes halogenated alkanes) is 1. The van der Waals surface area contributed by atoms with Crippen LogP contribution in [0.25, 0.3) is 0 Å². The third-order valence-corrected chi connectivity index (χ3v) is 3.55. The Balaban J connectivity index is 2.32. The summed E-state index contributed by atoms with van der Waals surface area (Å²) in [6.07, 6.45) is 3.09. The molecule has 118 valence electrons. The van der Waals surface area contributed by atoms with E-state index in [9.17, 15) is 4.79 Å². The molecule has 0 aromatic heterocycles. The van der Waals surface area contributed by atoms with Crippen LogP contribution in [0.5, 0.6) is 5.75 Å². The Morgan fingerprint density at radius 3 is 2.71 bits per heavy atom. The number of ether oxygens (including phenoxy) is 1. The number of carbonyl (C=O) groups is 1. The first kappa shape index (κ1) is 17.5. The van der Waals surface area contributed by atoms with Crippen LogP contribution < -0.4 is 10.1 Å². The van der Waals surface area contributed by atoms with Gasteiger partial charge in [-0.2, -0.15) is 0 Å². The normalized spacial score (nSPS) is 10.7. The van der Waals surface area contributed by atoms with E-state index in [1.165, 1.54) is 0 Å². The van der Waals surface area contributed by atoms with Crippen LogP contribution in [0, 0.1) is 0 Å². The van der Waals surface area contributed by atoms with Crippen molar-refractivity contribution in [3.63, 3.8) is 0 Å². The number of nitrogens with zero attached hydrogens (tertiary/aromatic N) is 1. The van der Waals surface area contributed by atoms with Crippen molar-refractivity contribution in [1.29, 1.82) is 0 Å². The quantitative estimate of drug-likeness (QED) is 0.720. The van der Waals surface area contributed by atoms with E-state index in [2.05, 4.69) is 24.1 Å². The van der Waals surface area contributed by atoms with Gasteiger partial charge in [-0.25, -0.2) is 0 Å². The molecule has 0 unspecified atom stereocenters. The van der Waals surface area contributed by atoms with Gasteiger partial charge in [0.1, 0.15) is 5.75 Å². The monoisotopic (exact) mass is 292 g/mol. The fraction of sp³-hybridized carbons (Fsp3) is 0.588. The van der Waals surface area contributed by atoms with E-state index >= 15 is 0 Å². The van der Waals surface area contributed by atoms with Crippen molar-refractivity contribution in [3.8, 4) is 5.75 Å². The summed E-state index contributed by atoms with van der Waals surface area (Å²) < 4.78 is 5.31. The van der Waals surface area contributed by atoms with Crippen LogP contribution in [-0.4, -0.2) is 44.1 Å². The number of benzene rings is 1. The predicted molar refractivity (Wildman–Crippen MR) is 86.7 cm³/mol. The molecule has 1 aromatic rings. The van der Waals surface area contributed by atoms with Crippen molar-refractivity contribution < 1.29 is 9.53 Å². The first-order valence-electron chi connectivity index (χ1n) is 7.82. The molecule has 0 spiro atoms. The van der Waals surface area contributed by atoms with E-state index in [1.807, 2.05) is 24.3 Å². The molecule has 0 aliphatic rings. The van der Waals surface area contributed by atoms with Gasteiger partial charge in [0.05, 0.1) is 13.7 Å². The number of carbonyl (C=O) groups excluding carboxylic acids is 1. The highest BCUT2D eigenvalue weighted by molar-refractivity contribution is 5.78. The van der Waals surface area contributed by atoms with Gasteiger partial charge in [-0.05, 0) is 37.6 Å². The summed E-state index contributed by atoms with van der Waals surface area (Å²) in [7, 11) is 1.67. The van der Waals surface area contributed by atoms with Gasteiger partial charge in [0, 0.05) is 6.54 Å². The van der Waals surface area contributed by atoms with Crippen LogP contribution in [-0.2, 0) is 11.2 Å². The molecule has 21 heavy (non-hydrogen) atoms. The van der Waals surface area contributed by atoms with E-state index in [-0.39, 0.29) is 5.91 Å². The third-order valence-electron chi connectivity index (χ3n) is 3.55. The van der Waals surface area contributed by atoms with Gasteiger partial charge in [0.25, 0.3) is 0 Å². The van der Waals surface area contributed by atoms with Crippen molar-refractivity contribution in [2.45, 2.75) is 33.1 Å². The SMILES string of the molecule is CCCCN(CC)CC(=O)NCCc1ccccc1OC. The number of hydrogen-bond donors (Lipinski definition) is 1. The molecule has 0 saturated heterocycles. The average Bonchev–Trinajstić information content (AvgIpc) is 2.51. The fourth-order valence-electron chi connectivity index (χ4n) is 2.24. The van der Waals surface area contributed by atoms with E-state index in [1.54, 1.807) is 7.11 Å².